The number of nitrogens with zero attached hydrogens (tertiary/aromatic N) is 3. The largest absolute Gasteiger partial charge is 0.486 e. The monoisotopic (exact) mass is 525 g/mol. The Kier molecular flexibility index (Phi) is 7.93. The number of rotatable bonds is 10. The van der Waals surface area contributed by atoms with Gasteiger partial charge in [0.1, 0.15) is 18.2 Å². The highest BCUT2D eigenvalue weighted by Gasteiger charge is 2.22. The van der Waals surface area contributed by atoms with Gasteiger partial charge in [0.25, 0.3) is 5.91 Å². The van der Waals surface area contributed by atoms with Gasteiger partial charge in [-0.25, -0.2) is 9.97 Å². The highest BCUT2D eigenvalue weighted by molar-refractivity contribution is 6.33. The van der Waals surface area contributed by atoms with Crippen LogP contribution in [-0.2, 0) is 19.6 Å². The maximum atomic E-state index is 12.7. The number of pyridine rings is 1. The molecule has 0 saturated heterocycles. The number of aromatic nitrogens is 2. The number of aliphatic hydroxyl groups is 1. The van der Waals surface area contributed by atoms with E-state index in [0.717, 1.165) is 49.6 Å². The molecule has 37 heavy (non-hydrogen) atoms. The van der Waals surface area contributed by atoms with Crippen LogP contribution in [0.25, 0.3) is 0 Å². The summed E-state index contributed by atoms with van der Waals surface area (Å²) >= 11 is 6.22. The second kappa shape index (κ2) is 11.5. The normalized spacial score (nSPS) is 16.5. The molecule has 0 radical (unpaired) electrons. The molecule has 5 rings (SSSR count). The average Bonchev–Trinajstić information content (AvgIpc) is 3.28. The number of fused-ring (bicyclic) bond motifs is 1. The summed E-state index contributed by atoms with van der Waals surface area (Å²) in [5.41, 5.74) is 3.64. The van der Waals surface area contributed by atoms with Crippen molar-refractivity contribution in [1.29, 1.82) is 0 Å². The molecule has 3 aromatic rings. The number of aliphatic hydroxyl groups excluding tert-OH is 1. The fraction of sp³-hybridized carbons (Fsp3) is 0.444. The van der Waals surface area contributed by atoms with Gasteiger partial charge in [0.15, 0.2) is 12.2 Å². The number of carbonyl (C=O) groups excluding carboxylic acids is 1. The van der Waals surface area contributed by atoms with Crippen LogP contribution in [0.15, 0.2) is 41.3 Å². The van der Waals surface area contributed by atoms with E-state index in [2.05, 4.69) is 37.6 Å². The van der Waals surface area contributed by atoms with Crippen LogP contribution in [0.3, 0.4) is 0 Å². The molecule has 3 heterocycles. The first-order chi connectivity index (χ1) is 17.9. The number of anilines is 1. The minimum Gasteiger partial charge on any atom is -0.486 e. The summed E-state index contributed by atoms with van der Waals surface area (Å²) in [6.07, 6.45) is 6.49. The van der Waals surface area contributed by atoms with Crippen molar-refractivity contribution in [3.63, 3.8) is 0 Å². The lowest BCUT2D eigenvalue weighted by Gasteiger charge is -2.30. The van der Waals surface area contributed by atoms with E-state index >= 15 is 0 Å². The van der Waals surface area contributed by atoms with Crippen LogP contribution >= 0.6 is 11.6 Å². The Morgan fingerprint density at radius 3 is 2.92 bits per heavy atom. The van der Waals surface area contributed by atoms with Gasteiger partial charge in [0.2, 0.25) is 0 Å². The molecule has 2 aliphatic rings. The number of β-amino-alcohol motifs (C(OH)–C–C–N with tert-alkyl or cyclic N) is 1. The van der Waals surface area contributed by atoms with Gasteiger partial charge < -0.3 is 24.9 Å². The molecule has 196 valence electrons. The number of halogens is 1. The first kappa shape index (κ1) is 25.5. The quantitative estimate of drug-likeness (QED) is 0.367. The summed E-state index contributed by atoms with van der Waals surface area (Å²) < 4.78 is 11.2. The number of carbonyl (C=O) groups is 1. The predicted molar refractivity (Wildman–Crippen MR) is 140 cm³/mol. The van der Waals surface area contributed by atoms with Crippen LogP contribution in [0.4, 0.5) is 5.82 Å². The van der Waals surface area contributed by atoms with Crippen molar-refractivity contribution in [2.75, 3.05) is 25.0 Å². The zero-order chi connectivity index (χ0) is 25.8. The third-order valence-corrected chi connectivity index (χ3v) is 7.31. The third-order valence-electron chi connectivity index (χ3n) is 7.01. The zero-order valence-corrected chi connectivity index (χ0v) is 21.6. The lowest BCUT2D eigenvalue weighted by molar-refractivity contribution is 0.0842. The Morgan fingerprint density at radius 2 is 2.16 bits per heavy atom. The van der Waals surface area contributed by atoms with Crippen LogP contribution in [0, 0.1) is 6.92 Å². The van der Waals surface area contributed by atoms with E-state index in [4.69, 9.17) is 20.8 Å². The Bertz CT molecular complexity index is 1250. The second-order valence-corrected chi connectivity index (χ2v) is 10.2. The molecule has 10 heteroatoms. The van der Waals surface area contributed by atoms with E-state index in [0.29, 0.717) is 30.6 Å². The summed E-state index contributed by atoms with van der Waals surface area (Å²) in [5.74, 6) is 1.85. The van der Waals surface area contributed by atoms with Gasteiger partial charge in [-0.05, 0) is 61.9 Å². The summed E-state index contributed by atoms with van der Waals surface area (Å²) in [7, 11) is 0. The van der Waals surface area contributed by atoms with Crippen molar-refractivity contribution in [3.8, 4) is 5.75 Å². The molecule has 0 bridgehead atoms. The van der Waals surface area contributed by atoms with Crippen LogP contribution in [0.5, 0.6) is 5.75 Å². The van der Waals surface area contributed by atoms with Gasteiger partial charge >= 0.3 is 0 Å². The number of amides is 1. The van der Waals surface area contributed by atoms with Gasteiger partial charge in [-0.1, -0.05) is 17.7 Å². The predicted octanol–water partition coefficient (Wildman–Crippen LogP) is 3.72. The van der Waals surface area contributed by atoms with Gasteiger partial charge in [-0.15, -0.1) is 0 Å². The fourth-order valence-corrected chi connectivity index (χ4v) is 4.76. The molecule has 1 aromatic carbocycles. The molecule has 1 saturated carbocycles. The first-order valence-corrected chi connectivity index (χ1v) is 13.1. The van der Waals surface area contributed by atoms with E-state index in [-0.39, 0.29) is 17.5 Å². The Labute approximate surface area is 221 Å². The zero-order valence-electron chi connectivity index (χ0n) is 20.9. The molecule has 9 nitrogen and oxygen atoms in total. The maximum absolute atomic E-state index is 12.7. The summed E-state index contributed by atoms with van der Waals surface area (Å²) in [4.78, 5) is 23.3. The van der Waals surface area contributed by atoms with Crippen molar-refractivity contribution in [2.45, 2.75) is 57.9 Å². The highest BCUT2D eigenvalue weighted by Crippen LogP contribution is 2.26. The lowest BCUT2D eigenvalue weighted by Crippen LogP contribution is -2.42. The van der Waals surface area contributed by atoms with Crippen molar-refractivity contribution in [1.82, 2.24) is 20.2 Å². The molecule has 1 aliphatic carbocycles. The van der Waals surface area contributed by atoms with Crippen molar-refractivity contribution in [3.05, 3.63) is 70.0 Å². The molecule has 1 fully saturated rings. The number of oxazole rings is 1. The highest BCUT2D eigenvalue weighted by atomic mass is 35.5. The van der Waals surface area contributed by atoms with Crippen LogP contribution in [0.1, 0.15) is 52.2 Å². The van der Waals surface area contributed by atoms with Gasteiger partial charge in [0, 0.05) is 38.4 Å². The number of aryl methyl sites for hydroxylation is 1. The smallest absolute Gasteiger partial charge is 0.253 e. The van der Waals surface area contributed by atoms with E-state index in [1.165, 1.54) is 30.1 Å². The summed E-state index contributed by atoms with van der Waals surface area (Å²) in [5, 5.41) is 17.0. The standard InChI is InChI=1S/C27H32ClN5O4/c1-17-25(37-16-31-17)15-36-22-6-5-19-13-33(8-7-18(19)9-22)14-21(34)11-30-27(35)23-10-26(29-12-24(23)28)32-20-3-2-4-20/h5-6,9-10,12,16,20-21,34H,2-4,7-8,11,13-15H2,1H3,(H,29,32)(H,30,35)/t21-/m0/s1. The second-order valence-electron chi connectivity index (χ2n) is 9.75. The number of ether oxygens (including phenoxy) is 1. The molecule has 3 N–H and O–H groups in total. The summed E-state index contributed by atoms with van der Waals surface area (Å²) in [6.45, 7) is 4.38. The van der Waals surface area contributed by atoms with Gasteiger partial charge in [-0.2, -0.15) is 0 Å². The number of hydrogen-bond donors (Lipinski definition) is 3. The average molecular weight is 526 g/mol. The van der Waals surface area contributed by atoms with E-state index in [1.807, 2.05) is 13.0 Å². The molecule has 1 aliphatic heterocycles. The Balaban J connectivity index is 1.09. The van der Waals surface area contributed by atoms with Crippen molar-refractivity contribution >= 4 is 23.3 Å². The van der Waals surface area contributed by atoms with E-state index in [1.54, 1.807) is 6.07 Å². The van der Waals surface area contributed by atoms with Gasteiger partial charge in [-0.3, -0.25) is 9.69 Å². The van der Waals surface area contributed by atoms with E-state index in [9.17, 15) is 9.90 Å². The summed E-state index contributed by atoms with van der Waals surface area (Å²) in [6, 6.07) is 8.18. The molecule has 0 unspecified atom stereocenters. The van der Waals surface area contributed by atoms with Gasteiger partial charge in [0.05, 0.1) is 22.4 Å². The molecule has 1 amide bonds. The number of nitrogens with one attached hydrogen (secondary N) is 2. The maximum Gasteiger partial charge on any atom is 0.253 e. The SMILES string of the molecule is Cc1ncoc1COc1ccc2c(c1)CCN(C[C@@H](O)CNC(=O)c1cc(NC3CCC3)ncc1Cl)C2. The van der Waals surface area contributed by atoms with E-state index < -0.39 is 6.10 Å². The number of hydrogen-bond acceptors (Lipinski definition) is 8. The van der Waals surface area contributed by atoms with Crippen LogP contribution in [-0.4, -0.2) is 57.7 Å². The lowest BCUT2D eigenvalue weighted by atomic mass is 9.93. The fourth-order valence-electron chi connectivity index (χ4n) is 4.57. The van der Waals surface area contributed by atoms with Crippen LogP contribution < -0.4 is 15.4 Å². The molecular weight excluding hydrogens is 494 g/mol. The minimum absolute atomic E-state index is 0.139. The Hall–Kier alpha value is -3.14. The topological polar surface area (TPSA) is 113 Å². The minimum atomic E-state index is -0.702. The number of benzene rings is 1. The molecule has 1 atom stereocenters. The van der Waals surface area contributed by atoms with Crippen LogP contribution in [0.2, 0.25) is 5.02 Å². The van der Waals surface area contributed by atoms with Crippen molar-refractivity contribution < 1.29 is 19.1 Å². The molecule has 0 spiro atoms. The molecule has 2 aromatic heterocycles. The Morgan fingerprint density at radius 1 is 1.30 bits per heavy atom. The molecular formula is C27H32ClN5O4. The van der Waals surface area contributed by atoms with Crippen molar-refractivity contribution in [2.24, 2.45) is 0 Å². The third kappa shape index (κ3) is 6.41. The first-order valence-electron chi connectivity index (χ1n) is 12.7.